The second-order valence-corrected chi connectivity index (χ2v) is 8.67. The number of hydrogen-bond acceptors (Lipinski definition) is 4. The highest BCUT2D eigenvalue weighted by Gasteiger charge is 2.33. The Balaban J connectivity index is 2.14. The summed E-state index contributed by atoms with van der Waals surface area (Å²) >= 11 is 16.3. The molecule has 29 heavy (non-hydrogen) atoms. The molecule has 2 unspecified atom stereocenters. The van der Waals surface area contributed by atoms with Crippen LogP contribution < -0.4 is 9.47 Å². The van der Waals surface area contributed by atoms with Gasteiger partial charge in [0.2, 0.25) is 0 Å². The van der Waals surface area contributed by atoms with Gasteiger partial charge in [0.1, 0.15) is 0 Å². The second-order valence-electron chi connectivity index (χ2n) is 6.97. The van der Waals surface area contributed by atoms with Crippen LogP contribution in [0.5, 0.6) is 11.5 Å². The lowest BCUT2D eigenvalue weighted by atomic mass is 9.91. The van der Waals surface area contributed by atoms with Crippen LogP contribution in [0.3, 0.4) is 0 Å². The van der Waals surface area contributed by atoms with Gasteiger partial charge < -0.3 is 14.6 Å². The summed E-state index contributed by atoms with van der Waals surface area (Å²) in [5.41, 5.74) is 1.77. The maximum atomic E-state index is 11.6. The first-order valence-corrected chi connectivity index (χ1v) is 10.7. The van der Waals surface area contributed by atoms with Crippen LogP contribution in [0.4, 0.5) is 0 Å². The maximum Gasteiger partial charge on any atom is 0.307 e. The Hall–Kier alpha value is -1.47. The highest BCUT2D eigenvalue weighted by molar-refractivity contribution is 9.10. The highest BCUT2D eigenvalue weighted by Crippen LogP contribution is 2.43. The van der Waals surface area contributed by atoms with Crippen LogP contribution in [0, 0.1) is 5.92 Å². The van der Waals surface area contributed by atoms with E-state index in [0.29, 0.717) is 34.5 Å². The number of likely N-dealkylation sites (tertiary alicyclic amines) is 1. The Kier molecular flexibility index (Phi) is 7.32. The SMILES string of the molecule is COc1cc(Br)c(C(c2ccc(Cl)cc2Cl)N2CCCC(C(=O)O)C2)cc1OC. The Labute approximate surface area is 188 Å². The van der Waals surface area contributed by atoms with Crippen molar-refractivity contribution in [3.8, 4) is 11.5 Å². The molecule has 0 radical (unpaired) electrons. The van der Waals surface area contributed by atoms with E-state index in [4.69, 9.17) is 32.7 Å². The van der Waals surface area contributed by atoms with Crippen molar-refractivity contribution in [2.75, 3.05) is 27.3 Å². The summed E-state index contributed by atoms with van der Waals surface area (Å²) in [6.45, 7) is 1.19. The monoisotopic (exact) mass is 501 g/mol. The number of rotatable bonds is 6. The molecule has 2 aromatic rings. The molecule has 1 fully saturated rings. The van der Waals surface area contributed by atoms with Gasteiger partial charge in [-0.2, -0.15) is 0 Å². The fourth-order valence-electron chi connectivity index (χ4n) is 3.81. The number of piperidine rings is 1. The summed E-state index contributed by atoms with van der Waals surface area (Å²) in [6, 6.07) is 8.88. The Morgan fingerprint density at radius 1 is 1.17 bits per heavy atom. The molecule has 0 saturated carbocycles. The van der Waals surface area contributed by atoms with Gasteiger partial charge in [-0.25, -0.2) is 0 Å². The summed E-state index contributed by atoms with van der Waals surface area (Å²) in [4.78, 5) is 13.8. The van der Waals surface area contributed by atoms with Crippen LogP contribution in [-0.2, 0) is 4.79 Å². The predicted molar refractivity (Wildman–Crippen MR) is 117 cm³/mol. The summed E-state index contributed by atoms with van der Waals surface area (Å²) in [7, 11) is 3.17. The molecular weight excluding hydrogens is 481 g/mol. The summed E-state index contributed by atoms with van der Waals surface area (Å²) < 4.78 is 11.7. The van der Waals surface area contributed by atoms with Gasteiger partial charge in [-0.05, 0) is 54.8 Å². The van der Waals surface area contributed by atoms with Crippen molar-refractivity contribution < 1.29 is 19.4 Å². The lowest BCUT2D eigenvalue weighted by Gasteiger charge is -2.38. The van der Waals surface area contributed by atoms with Crippen molar-refractivity contribution in [3.05, 3.63) is 56.0 Å². The lowest BCUT2D eigenvalue weighted by molar-refractivity contribution is -0.143. The van der Waals surface area contributed by atoms with E-state index in [0.717, 1.165) is 28.6 Å². The van der Waals surface area contributed by atoms with Crippen LogP contribution >= 0.6 is 39.1 Å². The van der Waals surface area contributed by atoms with Crippen molar-refractivity contribution in [3.63, 3.8) is 0 Å². The molecule has 3 rings (SSSR count). The van der Waals surface area contributed by atoms with Crippen molar-refractivity contribution in [1.82, 2.24) is 4.90 Å². The molecule has 1 aliphatic rings. The number of carbonyl (C=O) groups is 1. The molecule has 0 bridgehead atoms. The molecule has 1 N–H and O–H groups in total. The number of halogens is 3. The van der Waals surface area contributed by atoms with Crippen LogP contribution in [0.25, 0.3) is 0 Å². The molecular formula is C21H22BrCl2NO4. The molecule has 8 heteroatoms. The van der Waals surface area contributed by atoms with Gasteiger partial charge in [0.05, 0.1) is 26.2 Å². The van der Waals surface area contributed by atoms with Gasteiger partial charge in [-0.15, -0.1) is 0 Å². The average molecular weight is 503 g/mol. The molecule has 0 aliphatic carbocycles. The Morgan fingerprint density at radius 2 is 1.86 bits per heavy atom. The number of nitrogens with zero attached hydrogens (tertiary/aromatic N) is 1. The van der Waals surface area contributed by atoms with E-state index < -0.39 is 11.9 Å². The van der Waals surface area contributed by atoms with Crippen molar-refractivity contribution in [2.45, 2.75) is 18.9 Å². The normalized spacial score (nSPS) is 18.3. The maximum absolute atomic E-state index is 11.6. The number of ether oxygens (including phenoxy) is 2. The molecule has 0 aromatic heterocycles. The molecule has 5 nitrogen and oxygen atoms in total. The summed E-state index contributed by atoms with van der Waals surface area (Å²) in [5, 5.41) is 10.6. The average Bonchev–Trinajstić information content (AvgIpc) is 2.70. The molecule has 2 atom stereocenters. The zero-order valence-electron chi connectivity index (χ0n) is 16.1. The van der Waals surface area contributed by atoms with Crippen LogP contribution in [0.2, 0.25) is 10.0 Å². The van der Waals surface area contributed by atoms with E-state index in [2.05, 4.69) is 20.8 Å². The van der Waals surface area contributed by atoms with E-state index >= 15 is 0 Å². The summed E-state index contributed by atoms with van der Waals surface area (Å²) in [5.74, 6) is -0.00279. The quantitative estimate of drug-likeness (QED) is 0.552. The van der Waals surface area contributed by atoms with Crippen molar-refractivity contribution >= 4 is 45.1 Å². The number of benzene rings is 2. The minimum atomic E-state index is -0.776. The fourth-order valence-corrected chi connectivity index (χ4v) is 4.86. The highest BCUT2D eigenvalue weighted by atomic mass is 79.9. The zero-order chi connectivity index (χ0) is 21.1. The number of carboxylic acid groups (broad SMARTS) is 1. The van der Waals surface area contributed by atoms with Gasteiger partial charge in [0, 0.05) is 21.1 Å². The smallest absolute Gasteiger partial charge is 0.307 e. The zero-order valence-corrected chi connectivity index (χ0v) is 19.2. The minimum absolute atomic E-state index is 0.268. The fraction of sp³-hybridized carbons (Fsp3) is 0.381. The van der Waals surface area contributed by atoms with E-state index in [1.807, 2.05) is 18.2 Å². The molecule has 0 spiro atoms. The van der Waals surface area contributed by atoms with Gasteiger partial charge in [-0.1, -0.05) is 45.2 Å². The first kappa shape index (κ1) is 22.2. The minimum Gasteiger partial charge on any atom is -0.493 e. The summed E-state index contributed by atoms with van der Waals surface area (Å²) in [6.07, 6.45) is 1.46. The first-order valence-electron chi connectivity index (χ1n) is 9.19. The van der Waals surface area contributed by atoms with Crippen LogP contribution in [0.15, 0.2) is 34.8 Å². The van der Waals surface area contributed by atoms with Crippen molar-refractivity contribution in [1.29, 1.82) is 0 Å². The van der Waals surface area contributed by atoms with Gasteiger partial charge in [0.15, 0.2) is 11.5 Å². The molecule has 2 aromatic carbocycles. The van der Waals surface area contributed by atoms with Gasteiger partial charge >= 0.3 is 5.97 Å². The standard InChI is InChI=1S/C21H22BrCl2NO4/c1-28-18-9-15(16(22)10-19(18)29-2)20(14-6-5-13(23)8-17(14)24)25-7-3-4-12(11-25)21(26)27/h5-6,8-10,12,20H,3-4,7,11H2,1-2H3,(H,26,27). The van der Waals surface area contributed by atoms with Crippen LogP contribution in [0.1, 0.15) is 30.0 Å². The van der Waals surface area contributed by atoms with E-state index in [9.17, 15) is 9.90 Å². The number of carboxylic acids is 1. The molecule has 156 valence electrons. The Bertz CT molecular complexity index is 908. The topological polar surface area (TPSA) is 59.0 Å². The second kappa shape index (κ2) is 9.56. The number of methoxy groups -OCH3 is 2. The number of aliphatic carboxylic acids is 1. The van der Waals surface area contributed by atoms with E-state index in [1.54, 1.807) is 26.4 Å². The third-order valence-corrected chi connectivity index (χ3v) is 6.47. The molecule has 1 saturated heterocycles. The third kappa shape index (κ3) is 4.82. The van der Waals surface area contributed by atoms with Crippen molar-refractivity contribution in [2.24, 2.45) is 5.92 Å². The molecule has 1 heterocycles. The van der Waals surface area contributed by atoms with Crippen LogP contribution in [-0.4, -0.2) is 43.3 Å². The predicted octanol–water partition coefficient (Wildman–Crippen LogP) is 5.66. The van der Waals surface area contributed by atoms with Gasteiger partial charge in [-0.3, -0.25) is 9.69 Å². The first-order chi connectivity index (χ1) is 13.8. The largest absolute Gasteiger partial charge is 0.493 e. The van der Waals surface area contributed by atoms with E-state index in [1.165, 1.54) is 0 Å². The Morgan fingerprint density at radius 3 is 2.48 bits per heavy atom. The lowest BCUT2D eigenvalue weighted by Crippen LogP contribution is -2.41. The number of hydrogen-bond donors (Lipinski definition) is 1. The molecule has 1 aliphatic heterocycles. The third-order valence-electron chi connectivity index (χ3n) is 5.22. The van der Waals surface area contributed by atoms with E-state index in [-0.39, 0.29) is 6.04 Å². The van der Waals surface area contributed by atoms with Gasteiger partial charge in [0.25, 0.3) is 0 Å². The molecule has 0 amide bonds.